The van der Waals surface area contributed by atoms with E-state index in [1.165, 1.54) is 44.0 Å². The summed E-state index contributed by atoms with van der Waals surface area (Å²) in [6.07, 6.45) is 8.52. The van der Waals surface area contributed by atoms with Crippen molar-refractivity contribution in [3.63, 3.8) is 0 Å². The van der Waals surface area contributed by atoms with Crippen LogP contribution in [0.5, 0.6) is 5.75 Å². The maximum Gasteiger partial charge on any atom is 0.227 e. The fraction of sp³-hybridized carbons (Fsp3) is 0.481. The Kier molecular flexibility index (Phi) is 6.15. The first-order valence-electron chi connectivity index (χ1n) is 12.2. The minimum atomic E-state index is 0.0935. The second-order valence-corrected chi connectivity index (χ2v) is 9.21. The summed E-state index contributed by atoms with van der Waals surface area (Å²) < 4.78 is 8.20. The van der Waals surface area contributed by atoms with Gasteiger partial charge in [-0.15, -0.1) is 0 Å². The summed E-state index contributed by atoms with van der Waals surface area (Å²) in [5.41, 5.74) is 3.09. The Bertz CT molecular complexity index is 1080. The fourth-order valence-electron chi connectivity index (χ4n) is 5.50. The highest BCUT2D eigenvalue weighted by molar-refractivity contribution is 5.97. The number of anilines is 1. The molecule has 168 valence electrons. The molecule has 5 nitrogen and oxygen atoms in total. The number of fused-ring (bicyclic) bond motifs is 1. The van der Waals surface area contributed by atoms with E-state index in [-0.39, 0.29) is 11.8 Å². The van der Waals surface area contributed by atoms with Crippen molar-refractivity contribution >= 4 is 22.6 Å². The van der Waals surface area contributed by atoms with Crippen molar-refractivity contribution in [2.75, 3.05) is 18.1 Å². The molecule has 1 aromatic heterocycles. The first-order chi connectivity index (χ1) is 15.7. The van der Waals surface area contributed by atoms with Gasteiger partial charge in [0.15, 0.2) is 0 Å². The molecule has 0 radical (unpaired) electrons. The topological polar surface area (TPSA) is 47.4 Å². The summed E-state index contributed by atoms with van der Waals surface area (Å²) in [5.74, 6) is 2.89. The Hall–Kier alpha value is -2.82. The van der Waals surface area contributed by atoms with Crippen molar-refractivity contribution in [1.29, 1.82) is 0 Å². The molecule has 2 aromatic carbocycles. The minimum absolute atomic E-state index is 0.0935. The van der Waals surface area contributed by atoms with E-state index >= 15 is 0 Å². The molecule has 1 saturated carbocycles. The summed E-state index contributed by atoms with van der Waals surface area (Å²) in [7, 11) is 0. The van der Waals surface area contributed by atoms with Gasteiger partial charge in [0.05, 0.1) is 23.3 Å². The third-order valence-electron chi connectivity index (χ3n) is 7.12. The van der Waals surface area contributed by atoms with Crippen LogP contribution in [0.4, 0.5) is 5.69 Å². The molecule has 2 fully saturated rings. The van der Waals surface area contributed by atoms with E-state index in [1.54, 1.807) is 0 Å². The normalized spacial score (nSPS) is 19.7. The van der Waals surface area contributed by atoms with Gasteiger partial charge in [0.2, 0.25) is 5.91 Å². The molecule has 32 heavy (non-hydrogen) atoms. The zero-order valence-electron chi connectivity index (χ0n) is 19.0. The summed E-state index contributed by atoms with van der Waals surface area (Å²) in [5, 5.41) is 0. The van der Waals surface area contributed by atoms with Gasteiger partial charge >= 0.3 is 0 Å². The number of rotatable bonds is 7. The van der Waals surface area contributed by atoms with Crippen molar-refractivity contribution in [3.8, 4) is 5.75 Å². The maximum absolute atomic E-state index is 13.1. The second kappa shape index (κ2) is 9.35. The zero-order valence-corrected chi connectivity index (χ0v) is 19.0. The first kappa shape index (κ1) is 21.0. The molecule has 1 saturated heterocycles. The molecule has 1 amide bonds. The number of hydrogen-bond donors (Lipinski definition) is 0. The van der Waals surface area contributed by atoms with Crippen LogP contribution in [0.3, 0.4) is 0 Å². The Balaban J connectivity index is 1.42. The summed E-state index contributed by atoms with van der Waals surface area (Å²) in [6, 6.07) is 16.3. The standard InChI is InChI=1S/C27H33N3O2/c1-2-32-25-15-9-8-14-24(25)30-19-21(18-26(30)31)27-28-22-12-6-7-13-23(22)29(27)17-16-20-10-4-3-5-11-20/h6-9,12-15,20-21H,2-5,10-11,16-19H2,1H3/t21-/m0/s1. The highest BCUT2D eigenvalue weighted by Gasteiger charge is 2.36. The van der Waals surface area contributed by atoms with Gasteiger partial charge in [-0.25, -0.2) is 4.98 Å². The number of ether oxygens (including phenoxy) is 1. The van der Waals surface area contributed by atoms with Gasteiger partial charge in [-0.05, 0) is 43.5 Å². The predicted octanol–water partition coefficient (Wildman–Crippen LogP) is 5.93. The van der Waals surface area contributed by atoms with E-state index in [9.17, 15) is 4.79 Å². The van der Waals surface area contributed by atoms with Crippen LogP contribution < -0.4 is 9.64 Å². The van der Waals surface area contributed by atoms with Crippen molar-refractivity contribution in [2.24, 2.45) is 5.92 Å². The van der Waals surface area contributed by atoms with Crippen LogP contribution in [-0.4, -0.2) is 28.6 Å². The SMILES string of the molecule is CCOc1ccccc1N1C[C@@H](c2nc3ccccc3n2CCC2CCCCC2)CC1=O. The van der Waals surface area contributed by atoms with E-state index in [0.29, 0.717) is 19.6 Å². The number of carbonyl (C=O) groups excluding carboxylic acids is 1. The largest absolute Gasteiger partial charge is 0.492 e. The minimum Gasteiger partial charge on any atom is -0.492 e. The average Bonchev–Trinajstić information content (AvgIpc) is 3.39. The van der Waals surface area contributed by atoms with Gasteiger partial charge in [0.25, 0.3) is 0 Å². The molecule has 1 aliphatic carbocycles. The number of carbonyl (C=O) groups is 1. The van der Waals surface area contributed by atoms with Crippen LogP contribution in [0, 0.1) is 5.92 Å². The lowest BCUT2D eigenvalue weighted by molar-refractivity contribution is -0.117. The molecular formula is C27H33N3O2. The molecule has 5 heteroatoms. The van der Waals surface area contributed by atoms with Gasteiger partial charge in [0.1, 0.15) is 11.6 Å². The lowest BCUT2D eigenvalue weighted by Crippen LogP contribution is -2.25. The molecule has 5 rings (SSSR count). The number of para-hydroxylation sites is 4. The zero-order chi connectivity index (χ0) is 21.9. The number of nitrogens with zero attached hydrogens (tertiary/aromatic N) is 3. The van der Waals surface area contributed by atoms with Gasteiger partial charge in [-0.3, -0.25) is 4.79 Å². The lowest BCUT2D eigenvalue weighted by Gasteiger charge is -2.23. The summed E-state index contributed by atoms with van der Waals surface area (Å²) in [4.78, 5) is 20.0. The average molecular weight is 432 g/mol. The van der Waals surface area contributed by atoms with Crippen molar-refractivity contribution in [3.05, 3.63) is 54.4 Å². The van der Waals surface area contributed by atoms with Gasteiger partial charge < -0.3 is 14.2 Å². The molecule has 1 aliphatic heterocycles. The first-order valence-corrected chi connectivity index (χ1v) is 12.2. The third-order valence-corrected chi connectivity index (χ3v) is 7.12. The van der Waals surface area contributed by atoms with Crippen molar-refractivity contribution in [2.45, 2.75) is 64.3 Å². The Labute approximate surface area is 190 Å². The maximum atomic E-state index is 13.1. The summed E-state index contributed by atoms with van der Waals surface area (Å²) in [6.45, 7) is 4.19. The third kappa shape index (κ3) is 4.13. The van der Waals surface area contributed by atoms with Crippen LogP contribution >= 0.6 is 0 Å². The highest BCUT2D eigenvalue weighted by atomic mass is 16.5. The Morgan fingerprint density at radius 1 is 1.03 bits per heavy atom. The Morgan fingerprint density at radius 2 is 1.81 bits per heavy atom. The van der Waals surface area contributed by atoms with E-state index in [1.807, 2.05) is 36.1 Å². The van der Waals surface area contributed by atoms with E-state index in [4.69, 9.17) is 9.72 Å². The number of imidazole rings is 1. The number of amides is 1. The van der Waals surface area contributed by atoms with Crippen molar-refractivity contribution in [1.82, 2.24) is 9.55 Å². The molecule has 1 atom stereocenters. The summed E-state index contributed by atoms with van der Waals surface area (Å²) >= 11 is 0. The van der Waals surface area contributed by atoms with Crippen LogP contribution in [-0.2, 0) is 11.3 Å². The molecule has 0 N–H and O–H groups in total. The molecule has 2 aliphatic rings. The molecule has 0 spiro atoms. The van der Waals surface area contributed by atoms with Crippen LogP contribution in [0.15, 0.2) is 48.5 Å². The van der Waals surface area contributed by atoms with Gasteiger partial charge in [0, 0.05) is 25.4 Å². The van der Waals surface area contributed by atoms with Gasteiger partial charge in [-0.1, -0.05) is 56.4 Å². The molecule has 0 bridgehead atoms. The van der Waals surface area contributed by atoms with Gasteiger partial charge in [-0.2, -0.15) is 0 Å². The molecular weight excluding hydrogens is 398 g/mol. The monoisotopic (exact) mass is 431 g/mol. The number of aryl methyl sites for hydroxylation is 1. The van der Waals surface area contributed by atoms with Crippen molar-refractivity contribution < 1.29 is 9.53 Å². The Morgan fingerprint density at radius 3 is 2.66 bits per heavy atom. The quantitative estimate of drug-likeness (QED) is 0.466. The smallest absolute Gasteiger partial charge is 0.227 e. The van der Waals surface area contributed by atoms with E-state index in [0.717, 1.165) is 35.2 Å². The number of aromatic nitrogens is 2. The van der Waals surface area contributed by atoms with E-state index in [2.05, 4.69) is 28.8 Å². The number of benzene rings is 2. The van der Waals surface area contributed by atoms with Crippen LogP contribution in [0.2, 0.25) is 0 Å². The molecule has 3 aromatic rings. The van der Waals surface area contributed by atoms with Crippen LogP contribution in [0.1, 0.15) is 63.6 Å². The molecule has 0 unspecified atom stereocenters. The van der Waals surface area contributed by atoms with Crippen LogP contribution in [0.25, 0.3) is 11.0 Å². The predicted molar refractivity (Wildman–Crippen MR) is 128 cm³/mol. The molecule has 2 heterocycles. The lowest BCUT2D eigenvalue weighted by atomic mass is 9.87. The second-order valence-electron chi connectivity index (χ2n) is 9.21. The number of hydrogen-bond acceptors (Lipinski definition) is 3. The fourth-order valence-corrected chi connectivity index (χ4v) is 5.50. The highest BCUT2D eigenvalue weighted by Crippen LogP contribution is 2.37. The van der Waals surface area contributed by atoms with E-state index < -0.39 is 0 Å².